The number of hydrogen-bond acceptors (Lipinski definition) is 4. The quantitative estimate of drug-likeness (QED) is 0.724. The molecule has 2 amide bonds. The van der Waals surface area contributed by atoms with Crippen LogP contribution in [0, 0.1) is 0 Å². The molecule has 6 heteroatoms. The van der Waals surface area contributed by atoms with Crippen molar-refractivity contribution in [1.82, 2.24) is 10.6 Å². The number of carbonyl (C=O) groups is 1. The van der Waals surface area contributed by atoms with Crippen LogP contribution >= 0.6 is 23.1 Å². The van der Waals surface area contributed by atoms with Gasteiger partial charge in [-0.05, 0) is 24.6 Å². The number of carbonyl (C=O) groups excluding carboxylic acids is 1. The minimum Gasteiger partial charge on any atom is -0.395 e. The molecule has 3 N–H and O–H groups in total. The molecule has 0 aliphatic carbocycles. The van der Waals surface area contributed by atoms with Crippen LogP contribution in [0.1, 0.15) is 25.6 Å². The lowest BCUT2D eigenvalue weighted by Crippen LogP contribution is -2.48. The van der Waals surface area contributed by atoms with Crippen LogP contribution in [0.2, 0.25) is 0 Å². The van der Waals surface area contributed by atoms with Crippen molar-refractivity contribution in [2.45, 2.75) is 37.5 Å². The predicted molar refractivity (Wildman–Crippen MR) is 87.7 cm³/mol. The molecule has 1 rings (SSSR count). The van der Waals surface area contributed by atoms with Crippen LogP contribution in [0.4, 0.5) is 4.79 Å². The molecule has 0 spiro atoms. The van der Waals surface area contributed by atoms with Gasteiger partial charge in [-0.15, -0.1) is 11.3 Å². The first-order valence-electron chi connectivity index (χ1n) is 6.62. The largest absolute Gasteiger partial charge is 0.395 e. The van der Waals surface area contributed by atoms with Crippen molar-refractivity contribution in [2.75, 3.05) is 19.4 Å². The Kier molecular flexibility index (Phi) is 6.85. The summed E-state index contributed by atoms with van der Waals surface area (Å²) >= 11 is 3.25. The summed E-state index contributed by atoms with van der Waals surface area (Å²) in [6, 6.07) is 3.85. The number of thiophene rings is 1. The van der Waals surface area contributed by atoms with Gasteiger partial charge in [0.2, 0.25) is 0 Å². The Labute approximate surface area is 129 Å². The monoisotopic (exact) mass is 316 g/mol. The SMILES string of the molecule is CSC(CO)C(C)NC(=O)NCC(C)(C)c1cccs1. The second-order valence-corrected chi connectivity index (χ2v) is 7.46. The molecule has 20 heavy (non-hydrogen) atoms. The van der Waals surface area contributed by atoms with Crippen LogP contribution in [-0.4, -0.2) is 41.8 Å². The highest BCUT2D eigenvalue weighted by molar-refractivity contribution is 7.99. The van der Waals surface area contributed by atoms with Crippen LogP contribution in [0.25, 0.3) is 0 Å². The minimum absolute atomic E-state index is 0.0195. The van der Waals surface area contributed by atoms with Crippen molar-refractivity contribution >= 4 is 29.1 Å². The van der Waals surface area contributed by atoms with Crippen molar-refractivity contribution < 1.29 is 9.90 Å². The van der Waals surface area contributed by atoms with Crippen molar-refractivity contribution in [3.8, 4) is 0 Å². The van der Waals surface area contributed by atoms with Gasteiger partial charge < -0.3 is 15.7 Å². The third kappa shape index (κ3) is 5.00. The van der Waals surface area contributed by atoms with E-state index in [-0.39, 0.29) is 29.3 Å². The predicted octanol–water partition coefficient (Wildman–Crippen LogP) is 2.44. The van der Waals surface area contributed by atoms with Crippen molar-refractivity contribution in [2.24, 2.45) is 0 Å². The maximum absolute atomic E-state index is 11.9. The number of aliphatic hydroxyl groups excluding tert-OH is 1. The normalized spacial score (nSPS) is 14.7. The second-order valence-electron chi connectivity index (χ2n) is 5.43. The van der Waals surface area contributed by atoms with E-state index in [0.29, 0.717) is 6.54 Å². The maximum atomic E-state index is 11.9. The minimum atomic E-state index is -0.186. The van der Waals surface area contributed by atoms with Gasteiger partial charge in [0.15, 0.2) is 0 Å². The van der Waals surface area contributed by atoms with Gasteiger partial charge in [0, 0.05) is 28.1 Å². The Balaban J connectivity index is 2.43. The summed E-state index contributed by atoms with van der Waals surface area (Å²) in [6.45, 7) is 6.77. The Hall–Kier alpha value is -0.720. The molecule has 0 bridgehead atoms. The second kappa shape index (κ2) is 7.90. The molecule has 1 heterocycles. The molecule has 2 atom stereocenters. The van der Waals surface area contributed by atoms with Crippen molar-refractivity contribution in [3.63, 3.8) is 0 Å². The van der Waals surface area contributed by atoms with E-state index in [1.54, 1.807) is 23.1 Å². The lowest BCUT2D eigenvalue weighted by molar-refractivity contribution is 0.230. The van der Waals surface area contributed by atoms with Crippen molar-refractivity contribution in [1.29, 1.82) is 0 Å². The van der Waals surface area contributed by atoms with Gasteiger partial charge in [-0.3, -0.25) is 0 Å². The Morgan fingerprint density at radius 1 is 1.55 bits per heavy atom. The summed E-state index contributed by atoms with van der Waals surface area (Å²) < 4.78 is 0. The first-order chi connectivity index (χ1) is 9.40. The molecule has 1 aromatic heterocycles. The molecule has 0 saturated heterocycles. The molecular formula is C14H24N2O2S2. The zero-order valence-electron chi connectivity index (χ0n) is 12.5. The zero-order valence-corrected chi connectivity index (χ0v) is 14.1. The fraction of sp³-hybridized carbons (Fsp3) is 0.643. The molecule has 0 saturated carbocycles. The van der Waals surface area contributed by atoms with E-state index in [4.69, 9.17) is 0 Å². The van der Waals surface area contributed by atoms with Crippen LogP contribution in [0.5, 0.6) is 0 Å². The summed E-state index contributed by atoms with van der Waals surface area (Å²) in [6.07, 6.45) is 1.93. The van der Waals surface area contributed by atoms with Crippen LogP contribution in [-0.2, 0) is 5.41 Å². The van der Waals surface area contributed by atoms with Crippen LogP contribution in [0.15, 0.2) is 17.5 Å². The number of aliphatic hydroxyl groups is 1. The molecule has 0 aliphatic rings. The van der Waals surface area contributed by atoms with Gasteiger partial charge in [-0.1, -0.05) is 19.9 Å². The smallest absolute Gasteiger partial charge is 0.315 e. The average molecular weight is 316 g/mol. The first kappa shape index (κ1) is 17.3. The summed E-state index contributed by atoms with van der Waals surface area (Å²) in [5.74, 6) is 0. The molecule has 0 aromatic carbocycles. The number of hydrogen-bond donors (Lipinski definition) is 3. The average Bonchev–Trinajstić information content (AvgIpc) is 2.92. The number of thioether (sulfide) groups is 1. The van der Waals surface area contributed by atoms with E-state index in [1.807, 2.05) is 24.6 Å². The molecule has 0 aliphatic heterocycles. The van der Waals surface area contributed by atoms with Crippen LogP contribution < -0.4 is 10.6 Å². The third-order valence-corrected chi connectivity index (χ3v) is 5.68. The fourth-order valence-electron chi connectivity index (χ4n) is 1.84. The van der Waals surface area contributed by atoms with Gasteiger partial charge in [-0.2, -0.15) is 11.8 Å². The van der Waals surface area contributed by atoms with Gasteiger partial charge in [0.25, 0.3) is 0 Å². The summed E-state index contributed by atoms with van der Waals surface area (Å²) in [5.41, 5.74) is -0.0787. The molecular weight excluding hydrogens is 292 g/mol. The molecule has 0 fully saturated rings. The summed E-state index contributed by atoms with van der Waals surface area (Å²) in [7, 11) is 0. The van der Waals surface area contributed by atoms with E-state index < -0.39 is 0 Å². The topological polar surface area (TPSA) is 61.4 Å². The lowest BCUT2D eigenvalue weighted by atomic mass is 9.91. The molecule has 0 radical (unpaired) electrons. The van der Waals surface area contributed by atoms with E-state index >= 15 is 0 Å². The highest BCUT2D eigenvalue weighted by Gasteiger charge is 2.23. The highest BCUT2D eigenvalue weighted by atomic mass is 32.2. The van der Waals surface area contributed by atoms with E-state index in [1.165, 1.54) is 4.88 Å². The van der Waals surface area contributed by atoms with E-state index in [2.05, 4.69) is 30.5 Å². The Morgan fingerprint density at radius 3 is 2.75 bits per heavy atom. The molecule has 1 aromatic rings. The highest BCUT2D eigenvalue weighted by Crippen LogP contribution is 2.26. The van der Waals surface area contributed by atoms with Crippen LogP contribution in [0.3, 0.4) is 0 Å². The van der Waals surface area contributed by atoms with E-state index in [0.717, 1.165) is 0 Å². The van der Waals surface area contributed by atoms with E-state index in [9.17, 15) is 9.90 Å². The summed E-state index contributed by atoms with van der Waals surface area (Å²) in [4.78, 5) is 13.1. The maximum Gasteiger partial charge on any atom is 0.315 e. The number of amides is 2. The Bertz CT molecular complexity index is 403. The first-order valence-corrected chi connectivity index (χ1v) is 8.79. The zero-order chi connectivity index (χ0) is 15.2. The fourth-order valence-corrected chi connectivity index (χ4v) is 3.32. The third-order valence-electron chi connectivity index (χ3n) is 3.28. The van der Waals surface area contributed by atoms with Gasteiger partial charge in [0.1, 0.15) is 0 Å². The Morgan fingerprint density at radius 2 is 2.25 bits per heavy atom. The number of rotatable bonds is 7. The molecule has 4 nitrogen and oxygen atoms in total. The van der Waals surface area contributed by atoms with Gasteiger partial charge >= 0.3 is 6.03 Å². The van der Waals surface area contributed by atoms with Crippen molar-refractivity contribution in [3.05, 3.63) is 22.4 Å². The summed E-state index contributed by atoms with van der Waals surface area (Å²) in [5, 5.41) is 17.1. The number of nitrogens with one attached hydrogen (secondary N) is 2. The van der Waals surface area contributed by atoms with Gasteiger partial charge in [0.05, 0.1) is 6.61 Å². The molecule has 114 valence electrons. The standard InChI is InChI=1S/C14H24N2O2S2/c1-10(11(8-17)19-4)16-13(18)15-9-14(2,3)12-6-5-7-20-12/h5-7,10-11,17H,8-9H2,1-4H3,(H2,15,16,18). The number of urea groups is 1. The van der Waals surface area contributed by atoms with Gasteiger partial charge in [-0.25, -0.2) is 4.79 Å². The molecule has 2 unspecified atom stereocenters. The lowest BCUT2D eigenvalue weighted by Gasteiger charge is -2.26.